The Hall–Kier alpha value is -0.680. The topological polar surface area (TPSA) is 101 Å². The lowest BCUT2D eigenvalue weighted by molar-refractivity contribution is 0.274. The Balaban J connectivity index is 2.25. The highest BCUT2D eigenvalue weighted by Gasteiger charge is 2.32. The van der Waals surface area contributed by atoms with Crippen LogP contribution in [0.25, 0.3) is 0 Å². The van der Waals surface area contributed by atoms with E-state index in [-0.39, 0.29) is 36.8 Å². The molecule has 2 rings (SSSR count). The van der Waals surface area contributed by atoms with Crippen molar-refractivity contribution in [3.63, 3.8) is 0 Å². The molecule has 1 saturated heterocycles. The molecule has 21 heavy (non-hydrogen) atoms. The second-order valence-corrected chi connectivity index (χ2v) is 9.55. The van der Waals surface area contributed by atoms with Gasteiger partial charge in [-0.3, -0.25) is 0 Å². The summed E-state index contributed by atoms with van der Waals surface area (Å²) in [4.78, 5) is 0.0321. The van der Waals surface area contributed by atoms with Gasteiger partial charge in [0.1, 0.15) is 4.90 Å². The van der Waals surface area contributed by atoms with Gasteiger partial charge in [-0.15, -0.1) is 0 Å². The highest BCUT2D eigenvalue weighted by molar-refractivity contribution is 9.10. The molecular formula is C11H16BrN3O4S2. The van der Waals surface area contributed by atoms with Gasteiger partial charge in [0.05, 0.1) is 11.9 Å². The van der Waals surface area contributed by atoms with Crippen molar-refractivity contribution in [3.8, 4) is 0 Å². The Bertz CT molecular complexity index is 741. The van der Waals surface area contributed by atoms with Gasteiger partial charge in [-0.25, -0.2) is 16.8 Å². The second-order valence-electron chi connectivity index (χ2n) is 4.75. The molecule has 0 atom stereocenters. The van der Waals surface area contributed by atoms with E-state index in [4.69, 9.17) is 5.73 Å². The summed E-state index contributed by atoms with van der Waals surface area (Å²) in [5, 5.41) is 0. The first-order valence-electron chi connectivity index (χ1n) is 6.12. The van der Waals surface area contributed by atoms with Crippen molar-refractivity contribution >= 4 is 41.7 Å². The zero-order valence-corrected chi connectivity index (χ0v) is 14.6. The van der Waals surface area contributed by atoms with Gasteiger partial charge in [0.25, 0.3) is 0 Å². The van der Waals surface area contributed by atoms with Crippen molar-refractivity contribution in [2.24, 2.45) is 0 Å². The van der Waals surface area contributed by atoms with Gasteiger partial charge in [0.15, 0.2) is 0 Å². The molecule has 1 aromatic carbocycles. The standard InChI is InChI=1S/C11H16BrN3O4S2/c1-20(16,17)14-4-6-15(7-5-14)21(18,19)11-8-9(12)2-3-10(11)13/h2-3,8H,4-7,13H2,1H3. The number of benzene rings is 1. The molecule has 0 spiro atoms. The fourth-order valence-corrected chi connectivity index (χ4v) is 5.02. The van der Waals surface area contributed by atoms with Gasteiger partial charge in [-0.2, -0.15) is 8.61 Å². The summed E-state index contributed by atoms with van der Waals surface area (Å²) in [7, 11) is -7.02. The van der Waals surface area contributed by atoms with Gasteiger partial charge in [0.2, 0.25) is 20.0 Å². The van der Waals surface area contributed by atoms with E-state index in [1.807, 2.05) is 0 Å². The SMILES string of the molecule is CS(=O)(=O)N1CCN(S(=O)(=O)c2cc(Br)ccc2N)CC1. The highest BCUT2D eigenvalue weighted by Crippen LogP contribution is 2.26. The van der Waals surface area contributed by atoms with E-state index in [1.54, 1.807) is 6.07 Å². The maximum absolute atomic E-state index is 12.6. The molecule has 118 valence electrons. The first kappa shape index (κ1) is 16.7. The van der Waals surface area contributed by atoms with Crippen molar-refractivity contribution < 1.29 is 16.8 Å². The molecule has 0 saturated carbocycles. The average molecular weight is 398 g/mol. The van der Waals surface area contributed by atoms with E-state index < -0.39 is 20.0 Å². The van der Waals surface area contributed by atoms with E-state index >= 15 is 0 Å². The zero-order chi connectivity index (χ0) is 15.8. The Morgan fingerprint density at radius 2 is 1.57 bits per heavy atom. The molecule has 1 aliphatic rings. The maximum Gasteiger partial charge on any atom is 0.245 e. The number of nitrogens with two attached hydrogens (primary N) is 1. The number of halogens is 1. The fraction of sp³-hybridized carbons (Fsp3) is 0.455. The molecule has 0 aliphatic carbocycles. The van der Waals surface area contributed by atoms with Gasteiger partial charge < -0.3 is 5.73 Å². The largest absolute Gasteiger partial charge is 0.398 e. The van der Waals surface area contributed by atoms with Crippen LogP contribution >= 0.6 is 15.9 Å². The number of rotatable bonds is 3. The minimum Gasteiger partial charge on any atom is -0.398 e. The van der Waals surface area contributed by atoms with Crippen molar-refractivity contribution in [1.82, 2.24) is 8.61 Å². The molecule has 0 aromatic heterocycles. The van der Waals surface area contributed by atoms with E-state index in [0.29, 0.717) is 4.47 Å². The third-order valence-corrected chi connectivity index (χ3v) is 7.01. The third-order valence-electron chi connectivity index (χ3n) is 3.26. The number of anilines is 1. The summed E-state index contributed by atoms with van der Waals surface area (Å²) in [5.41, 5.74) is 5.92. The molecule has 10 heteroatoms. The van der Waals surface area contributed by atoms with Crippen molar-refractivity contribution in [1.29, 1.82) is 0 Å². The normalized spacial score (nSPS) is 18.8. The lowest BCUT2D eigenvalue weighted by Gasteiger charge is -2.32. The molecule has 0 unspecified atom stereocenters. The molecule has 1 aromatic rings. The summed E-state index contributed by atoms with van der Waals surface area (Å²) in [6.45, 7) is 0.515. The lowest BCUT2D eigenvalue weighted by Crippen LogP contribution is -2.50. The average Bonchev–Trinajstić information content (AvgIpc) is 2.40. The van der Waals surface area contributed by atoms with Gasteiger partial charge in [-0.1, -0.05) is 15.9 Å². The van der Waals surface area contributed by atoms with Crippen LogP contribution in [0.4, 0.5) is 5.69 Å². The Labute approximate surface area is 132 Å². The van der Waals surface area contributed by atoms with Gasteiger partial charge >= 0.3 is 0 Å². The lowest BCUT2D eigenvalue weighted by atomic mass is 10.3. The molecule has 2 N–H and O–H groups in total. The molecule has 0 radical (unpaired) electrons. The molecule has 0 bridgehead atoms. The number of nitrogens with zero attached hydrogens (tertiary/aromatic N) is 2. The Morgan fingerprint density at radius 1 is 1.05 bits per heavy atom. The van der Waals surface area contributed by atoms with Crippen LogP contribution in [0.1, 0.15) is 0 Å². The molecular weight excluding hydrogens is 382 g/mol. The first-order valence-corrected chi connectivity index (χ1v) is 10.2. The highest BCUT2D eigenvalue weighted by atomic mass is 79.9. The summed E-state index contributed by atoms with van der Waals surface area (Å²) in [5.74, 6) is 0. The van der Waals surface area contributed by atoms with E-state index in [1.165, 1.54) is 20.7 Å². The van der Waals surface area contributed by atoms with Crippen LogP contribution < -0.4 is 5.73 Å². The van der Waals surface area contributed by atoms with E-state index in [9.17, 15) is 16.8 Å². The predicted molar refractivity (Wildman–Crippen MR) is 83.7 cm³/mol. The smallest absolute Gasteiger partial charge is 0.245 e. The van der Waals surface area contributed by atoms with E-state index in [0.717, 1.165) is 6.26 Å². The first-order chi connectivity index (χ1) is 9.62. The molecule has 7 nitrogen and oxygen atoms in total. The van der Waals surface area contributed by atoms with Gasteiger partial charge in [-0.05, 0) is 18.2 Å². The number of hydrogen-bond acceptors (Lipinski definition) is 5. The van der Waals surface area contributed by atoms with Crippen LogP contribution in [-0.4, -0.2) is 57.9 Å². The van der Waals surface area contributed by atoms with Crippen LogP contribution in [0, 0.1) is 0 Å². The van der Waals surface area contributed by atoms with Crippen LogP contribution in [0.5, 0.6) is 0 Å². The predicted octanol–water partition coefficient (Wildman–Crippen LogP) is 0.297. The molecule has 1 fully saturated rings. The van der Waals surface area contributed by atoms with Crippen molar-refractivity contribution in [2.45, 2.75) is 4.90 Å². The third kappa shape index (κ3) is 3.57. The number of sulfonamides is 2. The summed E-state index contributed by atoms with van der Waals surface area (Å²) >= 11 is 3.22. The minimum atomic E-state index is -3.73. The van der Waals surface area contributed by atoms with E-state index in [2.05, 4.69) is 15.9 Å². The number of hydrogen-bond donors (Lipinski definition) is 1. The number of piperazine rings is 1. The molecule has 0 amide bonds. The minimum absolute atomic E-state index is 0.0321. The van der Waals surface area contributed by atoms with Crippen molar-refractivity contribution in [3.05, 3.63) is 22.7 Å². The monoisotopic (exact) mass is 397 g/mol. The fourth-order valence-electron chi connectivity index (χ4n) is 2.11. The summed E-state index contributed by atoms with van der Waals surface area (Å²) < 4.78 is 51.2. The summed E-state index contributed by atoms with van der Waals surface area (Å²) in [6, 6.07) is 4.63. The molecule has 1 heterocycles. The maximum atomic E-state index is 12.6. The second kappa shape index (κ2) is 5.84. The summed E-state index contributed by atoms with van der Waals surface area (Å²) in [6.07, 6.45) is 1.11. The molecule has 1 aliphatic heterocycles. The van der Waals surface area contributed by atoms with Crippen LogP contribution in [0.2, 0.25) is 0 Å². The number of nitrogen functional groups attached to an aromatic ring is 1. The van der Waals surface area contributed by atoms with Crippen LogP contribution in [0.15, 0.2) is 27.6 Å². The van der Waals surface area contributed by atoms with Gasteiger partial charge in [0, 0.05) is 30.7 Å². The van der Waals surface area contributed by atoms with Crippen molar-refractivity contribution in [2.75, 3.05) is 38.2 Å². The Morgan fingerprint density at radius 3 is 2.10 bits per heavy atom. The Kier molecular flexibility index (Phi) is 4.64. The van der Waals surface area contributed by atoms with Crippen LogP contribution in [0.3, 0.4) is 0 Å². The zero-order valence-electron chi connectivity index (χ0n) is 11.4. The van der Waals surface area contributed by atoms with Crippen LogP contribution in [-0.2, 0) is 20.0 Å². The quantitative estimate of drug-likeness (QED) is 0.738.